The minimum absolute atomic E-state index is 0.335. The van der Waals surface area contributed by atoms with E-state index in [0.29, 0.717) is 11.8 Å². The lowest BCUT2D eigenvalue weighted by molar-refractivity contribution is 0.275. The minimum Gasteiger partial charge on any atom is -0.314 e. The molecule has 0 aliphatic heterocycles. The SMILES string of the molecule is CCNC(CCCS(C)(=O)=O)C1CCCCCCC1. The van der Waals surface area contributed by atoms with Crippen LogP contribution in [0.15, 0.2) is 0 Å². The fourth-order valence-electron chi connectivity index (χ4n) is 3.22. The number of rotatable bonds is 7. The monoisotopic (exact) mass is 289 g/mol. The molecule has 4 heteroatoms. The molecule has 0 saturated heterocycles. The normalized spacial score (nSPS) is 20.7. The van der Waals surface area contributed by atoms with Crippen LogP contribution in [0.3, 0.4) is 0 Å². The molecule has 0 spiro atoms. The fraction of sp³-hybridized carbons (Fsp3) is 1.00. The van der Waals surface area contributed by atoms with Crippen LogP contribution in [-0.2, 0) is 9.84 Å². The van der Waals surface area contributed by atoms with Crippen LogP contribution < -0.4 is 5.32 Å². The third-order valence-electron chi connectivity index (χ3n) is 4.22. The number of sulfone groups is 1. The summed E-state index contributed by atoms with van der Waals surface area (Å²) < 4.78 is 22.5. The largest absolute Gasteiger partial charge is 0.314 e. The smallest absolute Gasteiger partial charge is 0.147 e. The molecule has 1 rings (SSSR count). The van der Waals surface area contributed by atoms with Crippen LogP contribution >= 0.6 is 0 Å². The zero-order valence-corrected chi connectivity index (χ0v) is 13.5. The molecule has 1 aliphatic carbocycles. The van der Waals surface area contributed by atoms with Crippen LogP contribution in [0.25, 0.3) is 0 Å². The second kappa shape index (κ2) is 8.96. The van der Waals surface area contributed by atoms with Crippen LogP contribution in [0, 0.1) is 5.92 Å². The summed E-state index contributed by atoms with van der Waals surface area (Å²) in [5, 5.41) is 3.59. The standard InChI is InChI=1S/C15H31NO2S/c1-3-16-15(12-9-13-19(2,17)18)14-10-7-5-4-6-8-11-14/h14-16H,3-13H2,1-2H3. The molecular formula is C15H31NO2S. The third kappa shape index (κ3) is 7.93. The molecule has 1 fully saturated rings. The Balaban J connectivity index is 2.44. The second-order valence-electron chi connectivity index (χ2n) is 6.04. The molecule has 0 heterocycles. The summed E-state index contributed by atoms with van der Waals surface area (Å²) in [6, 6.07) is 0.518. The van der Waals surface area contributed by atoms with E-state index in [2.05, 4.69) is 12.2 Å². The van der Waals surface area contributed by atoms with Crippen LogP contribution in [0.4, 0.5) is 0 Å². The van der Waals surface area contributed by atoms with Gasteiger partial charge in [-0.3, -0.25) is 0 Å². The number of hydrogen-bond donors (Lipinski definition) is 1. The van der Waals surface area contributed by atoms with Gasteiger partial charge in [-0.1, -0.05) is 39.0 Å². The molecule has 114 valence electrons. The molecule has 0 radical (unpaired) electrons. The van der Waals surface area contributed by atoms with E-state index in [4.69, 9.17) is 0 Å². The lowest BCUT2D eigenvalue weighted by Gasteiger charge is -2.29. The second-order valence-corrected chi connectivity index (χ2v) is 8.30. The van der Waals surface area contributed by atoms with Crippen molar-refractivity contribution in [3.8, 4) is 0 Å². The maximum Gasteiger partial charge on any atom is 0.147 e. The van der Waals surface area contributed by atoms with Gasteiger partial charge in [0.2, 0.25) is 0 Å². The average Bonchev–Trinajstić information content (AvgIpc) is 2.26. The van der Waals surface area contributed by atoms with Gasteiger partial charge in [0.1, 0.15) is 9.84 Å². The van der Waals surface area contributed by atoms with Crippen LogP contribution in [-0.4, -0.2) is 33.0 Å². The first-order valence-electron chi connectivity index (χ1n) is 7.94. The van der Waals surface area contributed by atoms with Gasteiger partial charge in [-0.05, 0) is 38.1 Å². The molecule has 19 heavy (non-hydrogen) atoms. The van der Waals surface area contributed by atoms with Gasteiger partial charge in [0.25, 0.3) is 0 Å². The van der Waals surface area contributed by atoms with Crippen molar-refractivity contribution in [2.24, 2.45) is 5.92 Å². The van der Waals surface area contributed by atoms with Gasteiger partial charge in [0, 0.05) is 18.1 Å². The van der Waals surface area contributed by atoms with Gasteiger partial charge < -0.3 is 5.32 Å². The first kappa shape index (κ1) is 17.0. The van der Waals surface area contributed by atoms with E-state index in [1.54, 1.807) is 0 Å². The Morgan fingerprint density at radius 3 is 2.21 bits per heavy atom. The van der Waals surface area contributed by atoms with Crippen LogP contribution in [0.5, 0.6) is 0 Å². The Morgan fingerprint density at radius 1 is 1.11 bits per heavy atom. The summed E-state index contributed by atoms with van der Waals surface area (Å²) in [5.41, 5.74) is 0. The summed E-state index contributed by atoms with van der Waals surface area (Å²) >= 11 is 0. The van der Waals surface area contributed by atoms with Crippen LogP contribution in [0.1, 0.15) is 64.7 Å². The summed E-state index contributed by atoms with van der Waals surface area (Å²) in [6.07, 6.45) is 12.6. The van der Waals surface area contributed by atoms with E-state index in [1.165, 1.54) is 51.2 Å². The molecule has 3 nitrogen and oxygen atoms in total. The van der Waals surface area contributed by atoms with Crippen molar-refractivity contribution < 1.29 is 8.42 Å². The third-order valence-corrected chi connectivity index (χ3v) is 5.25. The molecule has 0 bridgehead atoms. The molecular weight excluding hydrogens is 258 g/mol. The lowest BCUT2D eigenvalue weighted by Crippen LogP contribution is -2.37. The summed E-state index contributed by atoms with van der Waals surface area (Å²) in [7, 11) is -2.81. The Labute approximate surface area is 119 Å². The molecule has 1 saturated carbocycles. The van der Waals surface area contributed by atoms with E-state index in [9.17, 15) is 8.42 Å². The average molecular weight is 289 g/mol. The zero-order chi connectivity index (χ0) is 14.1. The molecule has 1 N–H and O–H groups in total. The van der Waals surface area contributed by atoms with Crippen molar-refractivity contribution in [2.45, 2.75) is 70.8 Å². The van der Waals surface area contributed by atoms with Crippen molar-refractivity contribution in [2.75, 3.05) is 18.6 Å². The molecule has 1 atom stereocenters. The van der Waals surface area contributed by atoms with Crippen LogP contribution in [0.2, 0.25) is 0 Å². The Kier molecular flexibility index (Phi) is 8.00. The van der Waals surface area contributed by atoms with E-state index >= 15 is 0 Å². The molecule has 0 aromatic heterocycles. The molecule has 0 aromatic rings. The van der Waals surface area contributed by atoms with Gasteiger partial charge in [0.05, 0.1) is 0 Å². The van der Waals surface area contributed by atoms with E-state index in [-0.39, 0.29) is 0 Å². The first-order valence-corrected chi connectivity index (χ1v) is 10.00. The predicted molar refractivity (Wildman–Crippen MR) is 82.2 cm³/mol. The van der Waals surface area contributed by atoms with Gasteiger partial charge >= 0.3 is 0 Å². The minimum atomic E-state index is -2.81. The Bertz CT molecular complexity index is 319. The highest BCUT2D eigenvalue weighted by Gasteiger charge is 2.21. The van der Waals surface area contributed by atoms with E-state index in [0.717, 1.165) is 25.3 Å². The highest BCUT2D eigenvalue weighted by molar-refractivity contribution is 7.90. The van der Waals surface area contributed by atoms with E-state index in [1.807, 2.05) is 0 Å². The highest BCUT2D eigenvalue weighted by Crippen LogP contribution is 2.26. The molecule has 1 unspecified atom stereocenters. The van der Waals surface area contributed by atoms with Gasteiger partial charge in [0.15, 0.2) is 0 Å². The maximum atomic E-state index is 11.2. The van der Waals surface area contributed by atoms with E-state index < -0.39 is 9.84 Å². The van der Waals surface area contributed by atoms with Crippen molar-refractivity contribution in [3.05, 3.63) is 0 Å². The van der Waals surface area contributed by atoms with Gasteiger partial charge in [-0.15, -0.1) is 0 Å². The quantitative estimate of drug-likeness (QED) is 0.783. The summed E-state index contributed by atoms with van der Waals surface area (Å²) in [4.78, 5) is 0. The van der Waals surface area contributed by atoms with Crippen molar-refractivity contribution in [1.82, 2.24) is 5.32 Å². The first-order chi connectivity index (χ1) is 9.03. The van der Waals surface area contributed by atoms with Crippen molar-refractivity contribution >= 4 is 9.84 Å². The van der Waals surface area contributed by atoms with Gasteiger partial charge in [-0.25, -0.2) is 8.42 Å². The lowest BCUT2D eigenvalue weighted by atomic mass is 9.84. The number of nitrogens with one attached hydrogen (secondary N) is 1. The predicted octanol–water partition coefficient (Wildman–Crippen LogP) is 3.15. The summed E-state index contributed by atoms with van der Waals surface area (Å²) in [5.74, 6) is 1.08. The molecule has 0 aromatic carbocycles. The highest BCUT2D eigenvalue weighted by atomic mass is 32.2. The topological polar surface area (TPSA) is 46.2 Å². The summed E-state index contributed by atoms with van der Waals surface area (Å²) in [6.45, 7) is 3.13. The Hall–Kier alpha value is -0.0900. The zero-order valence-electron chi connectivity index (χ0n) is 12.7. The molecule has 1 aliphatic rings. The fourth-order valence-corrected chi connectivity index (χ4v) is 3.91. The van der Waals surface area contributed by atoms with Gasteiger partial charge in [-0.2, -0.15) is 0 Å². The van der Waals surface area contributed by atoms with Crippen molar-refractivity contribution in [1.29, 1.82) is 0 Å². The maximum absolute atomic E-state index is 11.2. The Morgan fingerprint density at radius 2 is 1.68 bits per heavy atom. The van der Waals surface area contributed by atoms with Crippen molar-refractivity contribution in [3.63, 3.8) is 0 Å². The number of hydrogen-bond acceptors (Lipinski definition) is 3. The molecule has 0 amide bonds.